The Labute approximate surface area is 182 Å². The van der Waals surface area contributed by atoms with Gasteiger partial charge in [0.25, 0.3) is 0 Å². The van der Waals surface area contributed by atoms with Crippen molar-refractivity contribution in [3.63, 3.8) is 0 Å². The second-order valence-corrected chi connectivity index (χ2v) is 7.10. The van der Waals surface area contributed by atoms with Crippen LogP contribution in [0.25, 0.3) is 0 Å². The zero-order valence-electron chi connectivity index (χ0n) is 16.8. The highest BCUT2D eigenvalue weighted by Crippen LogP contribution is 2.10. The van der Waals surface area contributed by atoms with Crippen molar-refractivity contribution >= 4 is 29.9 Å². The van der Waals surface area contributed by atoms with E-state index in [0.29, 0.717) is 12.5 Å². The Morgan fingerprint density at radius 2 is 1.67 bits per heavy atom. The third-order valence-corrected chi connectivity index (χ3v) is 4.80. The van der Waals surface area contributed by atoms with Crippen LogP contribution in [0, 0.1) is 0 Å². The Bertz CT molecular complexity index is 515. The number of nitrogens with two attached hydrogens (primary N) is 1. The van der Waals surface area contributed by atoms with Crippen LogP contribution in [-0.2, 0) is 17.8 Å². The summed E-state index contributed by atoms with van der Waals surface area (Å²) in [4.78, 5) is 6.87. The highest BCUT2D eigenvalue weighted by atomic mass is 127. The molecule has 0 bridgehead atoms. The van der Waals surface area contributed by atoms with Crippen molar-refractivity contribution in [3.05, 3.63) is 35.4 Å². The lowest BCUT2D eigenvalue weighted by molar-refractivity contribution is 0.0342. The van der Waals surface area contributed by atoms with E-state index in [0.717, 1.165) is 45.8 Å². The minimum atomic E-state index is 0. The molecule has 2 rings (SSSR count). The molecule has 1 aliphatic heterocycles. The lowest BCUT2D eigenvalue weighted by Gasteiger charge is -2.26. The predicted molar refractivity (Wildman–Crippen MR) is 125 cm³/mol. The first-order chi connectivity index (χ1) is 12.8. The fourth-order valence-electron chi connectivity index (χ4n) is 3.12. The van der Waals surface area contributed by atoms with Gasteiger partial charge < -0.3 is 15.8 Å². The largest absolute Gasteiger partial charge is 0.379 e. The van der Waals surface area contributed by atoms with Gasteiger partial charge in [-0.25, -0.2) is 4.99 Å². The van der Waals surface area contributed by atoms with E-state index in [9.17, 15) is 0 Å². The zero-order chi connectivity index (χ0) is 18.5. The van der Waals surface area contributed by atoms with E-state index >= 15 is 0 Å². The van der Waals surface area contributed by atoms with E-state index in [1.165, 1.54) is 43.2 Å². The number of hydrogen-bond acceptors (Lipinski definition) is 3. The average Bonchev–Trinajstić information content (AvgIpc) is 2.67. The number of halogens is 1. The van der Waals surface area contributed by atoms with Crippen LogP contribution < -0.4 is 11.1 Å². The van der Waals surface area contributed by atoms with Gasteiger partial charge in [0, 0.05) is 26.2 Å². The van der Waals surface area contributed by atoms with Gasteiger partial charge >= 0.3 is 0 Å². The highest BCUT2D eigenvalue weighted by molar-refractivity contribution is 14.0. The van der Waals surface area contributed by atoms with Crippen molar-refractivity contribution in [2.75, 3.05) is 32.8 Å². The van der Waals surface area contributed by atoms with Gasteiger partial charge in [-0.15, -0.1) is 24.0 Å². The van der Waals surface area contributed by atoms with Crippen LogP contribution >= 0.6 is 24.0 Å². The fourth-order valence-corrected chi connectivity index (χ4v) is 3.12. The number of nitrogens with zero attached hydrogens (tertiary/aromatic N) is 2. The molecule has 3 N–H and O–H groups in total. The quantitative estimate of drug-likeness (QED) is 0.215. The summed E-state index contributed by atoms with van der Waals surface area (Å²) in [6.45, 7) is 8.52. The van der Waals surface area contributed by atoms with Crippen LogP contribution in [0.5, 0.6) is 0 Å². The Hall–Kier alpha value is -0.860. The zero-order valence-corrected chi connectivity index (χ0v) is 19.1. The third kappa shape index (κ3) is 10.9. The van der Waals surface area contributed by atoms with E-state index in [2.05, 4.69) is 46.4 Å². The number of ether oxygens (including phenoxy) is 1. The molecule has 0 amide bonds. The number of nitrogens with one attached hydrogen (secondary N) is 1. The smallest absolute Gasteiger partial charge is 0.188 e. The number of benzene rings is 1. The Morgan fingerprint density at radius 3 is 2.37 bits per heavy atom. The Kier molecular flexibility index (Phi) is 13.5. The third-order valence-electron chi connectivity index (χ3n) is 4.80. The Morgan fingerprint density at radius 1 is 1.04 bits per heavy atom. The maximum absolute atomic E-state index is 5.96. The molecule has 0 saturated carbocycles. The van der Waals surface area contributed by atoms with E-state index in [1.54, 1.807) is 0 Å². The maximum atomic E-state index is 5.96. The summed E-state index contributed by atoms with van der Waals surface area (Å²) < 4.78 is 5.39. The van der Waals surface area contributed by atoms with Crippen molar-refractivity contribution in [2.24, 2.45) is 10.7 Å². The van der Waals surface area contributed by atoms with Crippen LogP contribution in [0.4, 0.5) is 0 Å². The van der Waals surface area contributed by atoms with E-state index in [4.69, 9.17) is 10.5 Å². The average molecular weight is 488 g/mol. The molecule has 154 valence electrons. The van der Waals surface area contributed by atoms with Crippen LogP contribution in [-0.4, -0.2) is 43.7 Å². The number of guanidine groups is 1. The monoisotopic (exact) mass is 488 g/mol. The molecule has 0 radical (unpaired) electrons. The molecule has 0 aromatic heterocycles. The van der Waals surface area contributed by atoms with E-state index < -0.39 is 0 Å². The van der Waals surface area contributed by atoms with Gasteiger partial charge in [-0.1, -0.05) is 63.3 Å². The SMILES string of the molecule is CCCCCCCCNC(N)=NCc1ccc(CN2CCOCC2)cc1.I. The van der Waals surface area contributed by atoms with Gasteiger partial charge in [0.05, 0.1) is 19.8 Å². The molecular formula is C21H37IN4O. The summed E-state index contributed by atoms with van der Waals surface area (Å²) in [5.41, 5.74) is 8.49. The maximum Gasteiger partial charge on any atom is 0.188 e. The molecule has 1 aromatic rings. The summed E-state index contributed by atoms with van der Waals surface area (Å²) >= 11 is 0. The number of unbranched alkanes of at least 4 members (excludes halogenated alkanes) is 5. The van der Waals surface area contributed by atoms with Crippen LogP contribution in [0.1, 0.15) is 56.6 Å². The van der Waals surface area contributed by atoms with E-state index in [-0.39, 0.29) is 24.0 Å². The summed E-state index contributed by atoms with van der Waals surface area (Å²) in [6.07, 6.45) is 7.75. The molecule has 5 nitrogen and oxygen atoms in total. The topological polar surface area (TPSA) is 62.9 Å². The molecule has 0 aliphatic carbocycles. The van der Waals surface area contributed by atoms with Gasteiger partial charge in [0.2, 0.25) is 0 Å². The molecule has 1 heterocycles. The molecule has 6 heteroatoms. The molecule has 1 saturated heterocycles. The van der Waals surface area contributed by atoms with Gasteiger partial charge in [-0.3, -0.25) is 4.90 Å². The first kappa shape index (κ1) is 24.2. The highest BCUT2D eigenvalue weighted by Gasteiger charge is 2.10. The van der Waals surface area contributed by atoms with Gasteiger partial charge in [0.1, 0.15) is 0 Å². The van der Waals surface area contributed by atoms with Crippen molar-refractivity contribution in [1.29, 1.82) is 0 Å². The molecule has 0 spiro atoms. The van der Waals surface area contributed by atoms with Gasteiger partial charge in [-0.2, -0.15) is 0 Å². The van der Waals surface area contributed by atoms with Crippen molar-refractivity contribution < 1.29 is 4.74 Å². The lowest BCUT2D eigenvalue weighted by Crippen LogP contribution is -2.35. The summed E-state index contributed by atoms with van der Waals surface area (Å²) in [7, 11) is 0. The van der Waals surface area contributed by atoms with Crippen molar-refractivity contribution in [3.8, 4) is 0 Å². The van der Waals surface area contributed by atoms with Crippen LogP contribution in [0.2, 0.25) is 0 Å². The predicted octanol–water partition coefficient (Wildman–Crippen LogP) is 3.90. The first-order valence-electron chi connectivity index (χ1n) is 10.2. The minimum Gasteiger partial charge on any atom is -0.379 e. The summed E-state index contributed by atoms with van der Waals surface area (Å²) in [5.74, 6) is 0.552. The number of aliphatic imine (C=N–C) groups is 1. The summed E-state index contributed by atoms with van der Waals surface area (Å²) in [6, 6.07) is 8.70. The number of hydrogen-bond donors (Lipinski definition) is 2. The lowest BCUT2D eigenvalue weighted by atomic mass is 10.1. The number of morpholine rings is 1. The standard InChI is InChI=1S/C21H36N4O.HI/c1-2-3-4-5-6-7-12-23-21(22)24-17-19-8-10-20(11-9-19)18-25-13-15-26-16-14-25;/h8-11H,2-7,12-18H2,1H3,(H3,22,23,24);1H. The Balaban J connectivity index is 0.00000364. The van der Waals surface area contributed by atoms with Crippen molar-refractivity contribution in [2.45, 2.75) is 58.5 Å². The molecule has 1 fully saturated rings. The fraction of sp³-hybridized carbons (Fsp3) is 0.667. The molecule has 1 aromatic carbocycles. The molecule has 0 unspecified atom stereocenters. The molecule has 27 heavy (non-hydrogen) atoms. The van der Waals surface area contributed by atoms with E-state index in [1.807, 2.05) is 0 Å². The minimum absolute atomic E-state index is 0. The van der Waals surface area contributed by atoms with Gasteiger partial charge in [0.15, 0.2) is 5.96 Å². The first-order valence-corrected chi connectivity index (χ1v) is 10.2. The second-order valence-electron chi connectivity index (χ2n) is 7.10. The van der Waals surface area contributed by atoms with Gasteiger partial charge in [-0.05, 0) is 17.5 Å². The number of rotatable bonds is 11. The van der Waals surface area contributed by atoms with Crippen LogP contribution in [0.15, 0.2) is 29.3 Å². The molecule has 1 aliphatic rings. The normalized spacial score (nSPS) is 15.4. The summed E-state index contributed by atoms with van der Waals surface area (Å²) in [5, 5.41) is 3.22. The van der Waals surface area contributed by atoms with Crippen molar-refractivity contribution in [1.82, 2.24) is 10.2 Å². The molecular weight excluding hydrogens is 451 g/mol. The van der Waals surface area contributed by atoms with Crippen LogP contribution in [0.3, 0.4) is 0 Å². The molecule has 0 atom stereocenters. The second kappa shape index (κ2) is 15.1.